The molecular weight excluding hydrogens is 122 g/mol. The molecule has 1 rings (SSSR count). The SMILES string of the molecule is Cl.N.[c]1ccccc1. The lowest BCUT2D eigenvalue weighted by molar-refractivity contribution is 1.70. The summed E-state index contributed by atoms with van der Waals surface area (Å²) >= 11 is 0. The summed E-state index contributed by atoms with van der Waals surface area (Å²) in [4.78, 5) is 0. The summed E-state index contributed by atoms with van der Waals surface area (Å²) in [5.41, 5.74) is 0. The molecule has 0 heterocycles. The zero-order valence-corrected chi connectivity index (χ0v) is 5.32. The van der Waals surface area contributed by atoms with E-state index in [0.717, 1.165) is 0 Å². The van der Waals surface area contributed by atoms with Gasteiger partial charge < -0.3 is 6.15 Å². The predicted octanol–water partition coefficient (Wildman–Crippen LogP) is 2.07. The highest BCUT2D eigenvalue weighted by atomic mass is 35.5. The Labute approximate surface area is 55.7 Å². The normalized spacial score (nSPS) is 6.00. The highest BCUT2D eigenvalue weighted by molar-refractivity contribution is 5.85. The molecule has 2 heteroatoms. The minimum Gasteiger partial charge on any atom is -0.344 e. The molecule has 0 aliphatic carbocycles. The Kier molecular flexibility index (Phi) is 8.45. The van der Waals surface area contributed by atoms with Gasteiger partial charge in [-0.15, -0.1) is 12.4 Å². The molecule has 1 aromatic rings. The van der Waals surface area contributed by atoms with Crippen LogP contribution >= 0.6 is 12.4 Å². The van der Waals surface area contributed by atoms with E-state index in [1.54, 1.807) is 0 Å². The quantitative estimate of drug-likeness (QED) is 0.573. The number of hydrogen-bond donors (Lipinski definition) is 1. The van der Waals surface area contributed by atoms with Crippen molar-refractivity contribution in [2.24, 2.45) is 0 Å². The molecule has 1 radical (unpaired) electrons. The Morgan fingerprint density at radius 3 is 1.50 bits per heavy atom. The molecule has 0 fully saturated rings. The van der Waals surface area contributed by atoms with Crippen molar-refractivity contribution in [3.63, 3.8) is 0 Å². The van der Waals surface area contributed by atoms with Crippen LogP contribution in [0.2, 0.25) is 0 Å². The summed E-state index contributed by atoms with van der Waals surface area (Å²) in [6.07, 6.45) is 0. The lowest BCUT2D eigenvalue weighted by Crippen LogP contribution is -1.49. The minimum absolute atomic E-state index is 0. The Bertz CT molecular complexity index is 80.5. The minimum atomic E-state index is 0. The van der Waals surface area contributed by atoms with Crippen LogP contribution in [0.3, 0.4) is 0 Å². The molecule has 0 spiro atoms. The van der Waals surface area contributed by atoms with E-state index >= 15 is 0 Å². The van der Waals surface area contributed by atoms with E-state index in [-0.39, 0.29) is 18.6 Å². The lowest BCUT2D eigenvalue weighted by atomic mass is 10.4. The fraction of sp³-hybridized carbons (Fsp3) is 0. The van der Waals surface area contributed by atoms with Gasteiger partial charge >= 0.3 is 0 Å². The average Bonchev–Trinajstić information content (AvgIpc) is 1.72. The molecule has 1 nitrogen and oxygen atoms in total. The number of rotatable bonds is 0. The van der Waals surface area contributed by atoms with Gasteiger partial charge in [-0.2, -0.15) is 0 Å². The van der Waals surface area contributed by atoms with Gasteiger partial charge in [0, 0.05) is 0 Å². The van der Waals surface area contributed by atoms with Gasteiger partial charge in [-0.05, 0) is 6.07 Å². The number of halogens is 1. The van der Waals surface area contributed by atoms with Crippen LogP contribution in [0.1, 0.15) is 0 Å². The van der Waals surface area contributed by atoms with Crippen molar-refractivity contribution < 1.29 is 0 Å². The molecule has 45 valence electrons. The molecule has 0 unspecified atom stereocenters. The third-order valence-electron chi connectivity index (χ3n) is 0.607. The van der Waals surface area contributed by atoms with Crippen molar-refractivity contribution in [2.75, 3.05) is 0 Å². The van der Waals surface area contributed by atoms with Crippen molar-refractivity contribution in [3.8, 4) is 0 Å². The van der Waals surface area contributed by atoms with Crippen molar-refractivity contribution in [1.29, 1.82) is 0 Å². The first-order valence-electron chi connectivity index (χ1n) is 1.91. The van der Waals surface area contributed by atoms with Crippen LogP contribution in [0.4, 0.5) is 0 Å². The molecule has 0 saturated heterocycles. The lowest BCUT2D eigenvalue weighted by Gasteiger charge is -1.68. The summed E-state index contributed by atoms with van der Waals surface area (Å²) in [6, 6.07) is 12.5. The molecule has 0 saturated carbocycles. The van der Waals surface area contributed by atoms with Crippen LogP contribution < -0.4 is 6.15 Å². The summed E-state index contributed by atoms with van der Waals surface area (Å²) < 4.78 is 0. The smallest absolute Gasteiger partial charge is 0.0184 e. The van der Waals surface area contributed by atoms with Gasteiger partial charge in [0.15, 0.2) is 0 Å². The van der Waals surface area contributed by atoms with Gasteiger partial charge in [-0.3, -0.25) is 0 Å². The second kappa shape index (κ2) is 6.47. The summed E-state index contributed by atoms with van der Waals surface area (Å²) in [6.45, 7) is 0. The second-order valence-electron chi connectivity index (χ2n) is 1.08. The third-order valence-corrected chi connectivity index (χ3v) is 0.607. The fourth-order valence-electron chi connectivity index (χ4n) is 0.342. The van der Waals surface area contributed by atoms with Crippen molar-refractivity contribution in [1.82, 2.24) is 6.15 Å². The molecular formula is C6H9ClN. The molecule has 0 aliphatic heterocycles. The molecule has 1 aromatic carbocycles. The van der Waals surface area contributed by atoms with E-state index in [4.69, 9.17) is 0 Å². The molecule has 0 amide bonds. The largest absolute Gasteiger partial charge is 0.344 e. The average molecular weight is 131 g/mol. The van der Waals surface area contributed by atoms with Gasteiger partial charge in [0.25, 0.3) is 0 Å². The zero-order valence-electron chi connectivity index (χ0n) is 4.50. The standard InChI is InChI=1S/C6H5.ClH.H3N/c1-2-4-6-5-3-1;;/h1-5H;1H;1H3. The van der Waals surface area contributed by atoms with E-state index in [1.165, 1.54) is 0 Å². The predicted molar refractivity (Wildman–Crippen MR) is 37.5 cm³/mol. The van der Waals surface area contributed by atoms with Crippen LogP contribution in [-0.4, -0.2) is 0 Å². The van der Waals surface area contributed by atoms with Crippen molar-refractivity contribution in [3.05, 3.63) is 36.4 Å². The topological polar surface area (TPSA) is 35.0 Å². The van der Waals surface area contributed by atoms with Crippen LogP contribution in [0.15, 0.2) is 30.3 Å². The molecule has 0 bridgehead atoms. The molecule has 3 N–H and O–H groups in total. The van der Waals surface area contributed by atoms with Crippen molar-refractivity contribution >= 4 is 12.4 Å². The fourth-order valence-corrected chi connectivity index (χ4v) is 0.342. The van der Waals surface area contributed by atoms with Gasteiger partial charge in [-0.25, -0.2) is 0 Å². The molecule has 0 atom stereocenters. The van der Waals surface area contributed by atoms with E-state index in [9.17, 15) is 0 Å². The van der Waals surface area contributed by atoms with Crippen LogP contribution in [-0.2, 0) is 0 Å². The zero-order chi connectivity index (χ0) is 4.24. The maximum Gasteiger partial charge on any atom is -0.0184 e. The maximum atomic E-state index is 2.89. The van der Waals surface area contributed by atoms with Gasteiger partial charge in [-0.1, -0.05) is 30.3 Å². The van der Waals surface area contributed by atoms with Crippen LogP contribution in [0, 0.1) is 6.07 Å². The highest BCUT2D eigenvalue weighted by Crippen LogP contribution is 1.78. The van der Waals surface area contributed by atoms with E-state index in [0.29, 0.717) is 0 Å². The first-order chi connectivity index (χ1) is 3.00. The molecule has 8 heavy (non-hydrogen) atoms. The van der Waals surface area contributed by atoms with E-state index in [1.807, 2.05) is 30.3 Å². The molecule has 0 aliphatic rings. The Hall–Kier alpha value is -0.530. The van der Waals surface area contributed by atoms with Crippen LogP contribution in [0.25, 0.3) is 0 Å². The summed E-state index contributed by atoms with van der Waals surface area (Å²) in [5.74, 6) is 0. The van der Waals surface area contributed by atoms with E-state index in [2.05, 4.69) is 6.07 Å². The summed E-state index contributed by atoms with van der Waals surface area (Å²) in [7, 11) is 0. The Morgan fingerprint density at radius 2 is 1.38 bits per heavy atom. The summed E-state index contributed by atoms with van der Waals surface area (Å²) in [5, 5.41) is 0. The first-order valence-corrected chi connectivity index (χ1v) is 1.91. The first kappa shape index (κ1) is 10.5. The number of benzene rings is 1. The second-order valence-corrected chi connectivity index (χ2v) is 1.08. The van der Waals surface area contributed by atoms with Gasteiger partial charge in [0.05, 0.1) is 0 Å². The highest BCUT2D eigenvalue weighted by Gasteiger charge is 1.58. The van der Waals surface area contributed by atoms with Gasteiger partial charge in [0.1, 0.15) is 0 Å². The monoisotopic (exact) mass is 130 g/mol. The number of hydrogen-bond acceptors (Lipinski definition) is 1. The Balaban J connectivity index is 0. The van der Waals surface area contributed by atoms with Gasteiger partial charge in [0.2, 0.25) is 0 Å². The van der Waals surface area contributed by atoms with E-state index < -0.39 is 0 Å². The van der Waals surface area contributed by atoms with Crippen molar-refractivity contribution in [2.45, 2.75) is 0 Å². The maximum absolute atomic E-state index is 2.89. The van der Waals surface area contributed by atoms with Crippen LogP contribution in [0.5, 0.6) is 0 Å². The third kappa shape index (κ3) is 3.65. The molecule has 0 aromatic heterocycles. The Morgan fingerprint density at radius 1 is 0.875 bits per heavy atom.